The zero-order chi connectivity index (χ0) is 26.1. The lowest BCUT2D eigenvalue weighted by Crippen LogP contribution is -2.30. The number of hydrogen-bond donors (Lipinski definition) is 0. The summed E-state index contributed by atoms with van der Waals surface area (Å²) in [7, 11) is -1.14. The first-order chi connectivity index (χ1) is 17.0. The standard InChI is InChI=1S/C23H23BrFN5O5S/c1-14-8-9-18(35-14)21-29-28-19(30(21)20-16(33-3)6-5-7-17(20)34-4)12-36(31,32)13-23(2,25)22-26-10-15(24)11-27-22/h5-11H,12-13H2,1-4H3/t23-/m1/s1. The number of hydrogen-bond acceptors (Lipinski definition) is 9. The SMILES string of the molecule is COc1cccc(OC)c1-n1c(CS(=O)(=O)C[C@@](C)(F)c2ncc(Br)cn2)nnc1-c1ccc(C)o1. The third-order valence-electron chi connectivity index (χ3n) is 5.24. The Bertz CT molecular complexity index is 1460. The summed E-state index contributed by atoms with van der Waals surface area (Å²) in [5.74, 6) is 0.271. The van der Waals surface area contributed by atoms with Crippen LogP contribution >= 0.6 is 15.9 Å². The lowest BCUT2D eigenvalue weighted by atomic mass is 10.1. The molecule has 4 rings (SSSR count). The predicted molar refractivity (Wildman–Crippen MR) is 133 cm³/mol. The summed E-state index contributed by atoms with van der Waals surface area (Å²) >= 11 is 3.18. The van der Waals surface area contributed by atoms with Crippen LogP contribution in [-0.2, 0) is 21.3 Å². The normalized spacial score (nSPS) is 13.4. The van der Waals surface area contributed by atoms with E-state index in [4.69, 9.17) is 13.9 Å². The van der Waals surface area contributed by atoms with E-state index in [2.05, 4.69) is 36.1 Å². The summed E-state index contributed by atoms with van der Waals surface area (Å²) < 4.78 is 60.7. The van der Waals surface area contributed by atoms with Crippen molar-refractivity contribution in [2.24, 2.45) is 0 Å². The molecule has 0 amide bonds. The first-order valence-electron chi connectivity index (χ1n) is 10.6. The second-order valence-corrected chi connectivity index (χ2v) is 11.1. The van der Waals surface area contributed by atoms with Crippen LogP contribution in [0.1, 0.15) is 24.3 Å². The summed E-state index contributed by atoms with van der Waals surface area (Å²) in [5, 5.41) is 8.33. The third kappa shape index (κ3) is 5.26. The van der Waals surface area contributed by atoms with E-state index in [-0.39, 0.29) is 17.5 Å². The average Bonchev–Trinajstić information content (AvgIpc) is 3.43. The minimum atomic E-state index is -4.09. The number of aryl methyl sites for hydroxylation is 1. The number of ether oxygens (including phenoxy) is 2. The minimum absolute atomic E-state index is 0.0226. The Hall–Kier alpha value is -3.32. The van der Waals surface area contributed by atoms with Gasteiger partial charge < -0.3 is 13.9 Å². The fourth-order valence-corrected chi connectivity index (χ4v) is 5.56. The molecule has 0 bridgehead atoms. The van der Waals surface area contributed by atoms with Crippen LogP contribution in [0.2, 0.25) is 0 Å². The van der Waals surface area contributed by atoms with Crippen LogP contribution in [0.15, 0.2) is 51.6 Å². The van der Waals surface area contributed by atoms with E-state index in [0.717, 1.165) is 6.92 Å². The van der Waals surface area contributed by atoms with Crippen molar-refractivity contribution < 1.29 is 26.7 Å². The fourth-order valence-electron chi connectivity index (χ4n) is 3.72. The van der Waals surface area contributed by atoms with Crippen LogP contribution in [0.5, 0.6) is 11.5 Å². The van der Waals surface area contributed by atoms with E-state index >= 15 is 4.39 Å². The van der Waals surface area contributed by atoms with E-state index in [1.807, 2.05) is 0 Å². The largest absolute Gasteiger partial charge is 0.494 e. The number of methoxy groups -OCH3 is 2. The summed E-state index contributed by atoms with van der Waals surface area (Å²) in [5.41, 5.74) is -1.96. The van der Waals surface area contributed by atoms with Gasteiger partial charge in [-0.3, -0.25) is 4.57 Å². The number of halogens is 2. The molecule has 1 aromatic carbocycles. The quantitative estimate of drug-likeness (QED) is 0.287. The Kier molecular flexibility index (Phi) is 7.14. The number of aromatic nitrogens is 5. The zero-order valence-electron chi connectivity index (χ0n) is 19.9. The number of sulfone groups is 1. The zero-order valence-corrected chi connectivity index (χ0v) is 22.3. The van der Waals surface area contributed by atoms with Crippen molar-refractivity contribution in [2.75, 3.05) is 20.0 Å². The fraction of sp³-hybridized carbons (Fsp3) is 0.304. The number of rotatable bonds is 9. The molecule has 0 N–H and O–H groups in total. The molecule has 3 aromatic heterocycles. The van der Waals surface area contributed by atoms with E-state index in [9.17, 15) is 8.42 Å². The molecule has 0 aliphatic heterocycles. The molecule has 0 saturated heterocycles. The first kappa shape index (κ1) is 25.8. The van der Waals surface area contributed by atoms with Gasteiger partial charge in [-0.2, -0.15) is 0 Å². The van der Waals surface area contributed by atoms with E-state index in [0.29, 0.717) is 33.2 Å². The molecular weight excluding hydrogens is 557 g/mol. The van der Waals surface area contributed by atoms with Gasteiger partial charge in [-0.05, 0) is 54.0 Å². The summed E-state index contributed by atoms with van der Waals surface area (Å²) in [6.45, 7) is 2.89. The molecule has 0 aliphatic rings. The van der Waals surface area contributed by atoms with Crippen LogP contribution in [0, 0.1) is 6.92 Å². The second-order valence-electron chi connectivity index (χ2n) is 8.15. The van der Waals surface area contributed by atoms with Crippen molar-refractivity contribution in [2.45, 2.75) is 25.3 Å². The van der Waals surface area contributed by atoms with E-state index in [1.54, 1.807) is 37.3 Å². The molecule has 1 atom stereocenters. The van der Waals surface area contributed by atoms with Crippen molar-refractivity contribution >= 4 is 25.8 Å². The van der Waals surface area contributed by atoms with Gasteiger partial charge in [0, 0.05) is 12.4 Å². The maximum atomic E-state index is 15.5. The maximum Gasteiger partial charge on any atom is 0.204 e. The molecule has 4 aromatic rings. The van der Waals surface area contributed by atoms with Gasteiger partial charge in [-0.15, -0.1) is 10.2 Å². The van der Waals surface area contributed by atoms with Crippen molar-refractivity contribution in [3.63, 3.8) is 0 Å². The van der Waals surface area contributed by atoms with Crippen LogP contribution in [-0.4, -0.2) is 53.1 Å². The third-order valence-corrected chi connectivity index (χ3v) is 7.33. The predicted octanol–water partition coefficient (Wildman–Crippen LogP) is 4.21. The van der Waals surface area contributed by atoms with Crippen molar-refractivity contribution in [3.05, 3.63) is 64.6 Å². The topological polar surface area (TPSA) is 122 Å². The highest BCUT2D eigenvalue weighted by Crippen LogP contribution is 2.37. The second kappa shape index (κ2) is 9.97. The van der Waals surface area contributed by atoms with Gasteiger partial charge in [0.2, 0.25) is 5.82 Å². The number of alkyl halides is 1. The lowest BCUT2D eigenvalue weighted by Gasteiger charge is -2.19. The molecule has 0 fully saturated rings. The number of benzene rings is 1. The van der Waals surface area contributed by atoms with Crippen LogP contribution in [0.3, 0.4) is 0 Å². The van der Waals surface area contributed by atoms with Gasteiger partial charge in [0.25, 0.3) is 0 Å². The van der Waals surface area contributed by atoms with Gasteiger partial charge in [-0.25, -0.2) is 22.8 Å². The number of para-hydroxylation sites is 1. The summed E-state index contributed by atoms with van der Waals surface area (Å²) in [6, 6.07) is 8.55. The molecule has 0 unspecified atom stereocenters. The van der Waals surface area contributed by atoms with Gasteiger partial charge >= 0.3 is 0 Å². The highest BCUT2D eigenvalue weighted by atomic mass is 79.9. The summed E-state index contributed by atoms with van der Waals surface area (Å²) in [6.07, 6.45) is 2.71. The minimum Gasteiger partial charge on any atom is -0.494 e. The highest BCUT2D eigenvalue weighted by molar-refractivity contribution is 9.10. The molecule has 190 valence electrons. The Balaban J connectivity index is 1.80. The molecule has 0 aliphatic carbocycles. The van der Waals surface area contributed by atoms with Gasteiger partial charge in [0.05, 0.1) is 24.4 Å². The maximum absolute atomic E-state index is 15.5. The molecule has 0 spiro atoms. The monoisotopic (exact) mass is 579 g/mol. The number of furan rings is 1. The van der Waals surface area contributed by atoms with Crippen LogP contribution in [0.25, 0.3) is 17.3 Å². The molecule has 0 saturated carbocycles. The highest BCUT2D eigenvalue weighted by Gasteiger charge is 2.37. The molecular formula is C23H23BrFN5O5S. The summed E-state index contributed by atoms with van der Waals surface area (Å²) in [4.78, 5) is 7.84. The van der Waals surface area contributed by atoms with Gasteiger partial charge in [0.15, 0.2) is 32.9 Å². The first-order valence-corrected chi connectivity index (χ1v) is 13.3. The van der Waals surface area contributed by atoms with Crippen molar-refractivity contribution in [1.82, 2.24) is 24.7 Å². The smallest absolute Gasteiger partial charge is 0.204 e. The van der Waals surface area contributed by atoms with Crippen molar-refractivity contribution in [1.29, 1.82) is 0 Å². The average molecular weight is 580 g/mol. The molecule has 3 heterocycles. The Morgan fingerprint density at radius 1 is 1.08 bits per heavy atom. The van der Waals surface area contributed by atoms with Gasteiger partial charge in [0.1, 0.15) is 28.7 Å². The van der Waals surface area contributed by atoms with E-state index < -0.39 is 27.0 Å². The lowest BCUT2D eigenvalue weighted by molar-refractivity contribution is 0.209. The van der Waals surface area contributed by atoms with Crippen LogP contribution in [0.4, 0.5) is 4.39 Å². The number of nitrogens with zero attached hydrogens (tertiary/aromatic N) is 5. The Morgan fingerprint density at radius 2 is 1.72 bits per heavy atom. The Labute approximate surface area is 215 Å². The molecule has 36 heavy (non-hydrogen) atoms. The van der Waals surface area contributed by atoms with E-state index in [1.165, 1.54) is 31.2 Å². The molecule has 10 nitrogen and oxygen atoms in total. The molecule has 0 radical (unpaired) electrons. The Morgan fingerprint density at radius 3 is 2.28 bits per heavy atom. The van der Waals surface area contributed by atoms with Crippen LogP contribution < -0.4 is 9.47 Å². The van der Waals surface area contributed by atoms with Gasteiger partial charge in [-0.1, -0.05) is 6.07 Å². The molecule has 13 heteroatoms. The van der Waals surface area contributed by atoms with Crippen molar-refractivity contribution in [3.8, 4) is 28.8 Å².